The first-order valence-corrected chi connectivity index (χ1v) is 6.65. The molecule has 1 aliphatic rings. The maximum atomic E-state index is 12.4. The highest BCUT2D eigenvalue weighted by Crippen LogP contribution is 2.31. The zero-order chi connectivity index (χ0) is 12.2. The standard InChI is InChI=1S/C13H26N2O/c1-4-6-10-15(11(3)5-2)12(16)13(14)8-7-9-13/h11H,4-10,14H2,1-3H3. The van der Waals surface area contributed by atoms with Crippen LogP contribution >= 0.6 is 0 Å². The Bertz CT molecular complexity index is 236. The van der Waals surface area contributed by atoms with Crippen LogP contribution in [0.3, 0.4) is 0 Å². The van der Waals surface area contributed by atoms with Gasteiger partial charge < -0.3 is 10.6 Å². The molecule has 0 heterocycles. The lowest BCUT2D eigenvalue weighted by atomic mass is 9.76. The molecule has 1 saturated carbocycles. The van der Waals surface area contributed by atoms with E-state index in [1.165, 1.54) is 0 Å². The summed E-state index contributed by atoms with van der Waals surface area (Å²) in [6, 6.07) is 0.320. The summed E-state index contributed by atoms with van der Waals surface area (Å²) in [5.74, 6) is 0.182. The van der Waals surface area contributed by atoms with Crippen molar-refractivity contribution in [2.75, 3.05) is 6.54 Å². The van der Waals surface area contributed by atoms with Gasteiger partial charge in [0.15, 0.2) is 0 Å². The number of hydrogen-bond acceptors (Lipinski definition) is 2. The van der Waals surface area contributed by atoms with Crippen LogP contribution in [0.15, 0.2) is 0 Å². The molecule has 0 spiro atoms. The van der Waals surface area contributed by atoms with Crippen molar-refractivity contribution in [1.82, 2.24) is 4.90 Å². The van der Waals surface area contributed by atoms with E-state index in [0.29, 0.717) is 6.04 Å². The summed E-state index contributed by atoms with van der Waals surface area (Å²) in [6.07, 6.45) is 6.04. The number of carbonyl (C=O) groups is 1. The molecule has 16 heavy (non-hydrogen) atoms. The monoisotopic (exact) mass is 226 g/mol. The average Bonchev–Trinajstić information content (AvgIpc) is 2.25. The quantitative estimate of drug-likeness (QED) is 0.755. The minimum atomic E-state index is -0.531. The normalized spacial score (nSPS) is 20.0. The fourth-order valence-corrected chi connectivity index (χ4v) is 2.13. The highest BCUT2D eigenvalue weighted by Gasteiger charge is 2.43. The Balaban J connectivity index is 2.63. The second-order valence-corrected chi connectivity index (χ2v) is 5.12. The molecule has 94 valence electrons. The van der Waals surface area contributed by atoms with Crippen LogP contribution in [0.5, 0.6) is 0 Å². The molecule has 1 rings (SSSR count). The molecule has 0 aliphatic heterocycles. The van der Waals surface area contributed by atoms with Crippen molar-refractivity contribution in [1.29, 1.82) is 0 Å². The average molecular weight is 226 g/mol. The van der Waals surface area contributed by atoms with E-state index in [1.54, 1.807) is 0 Å². The lowest BCUT2D eigenvalue weighted by Crippen LogP contribution is -2.61. The molecule has 0 saturated heterocycles. The minimum Gasteiger partial charge on any atom is -0.338 e. The van der Waals surface area contributed by atoms with Crippen LogP contribution in [0.4, 0.5) is 0 Å². The Kier molecular flexibility index (Phi) is 4.78. The Hall–Kier alpha value is -0.570. The van der Waals surface area contributed by atoms with Gasteiger partial charge in [0.05, 0.1) is 5.54 Å². The van der Waals surface area contributed by atoms with Crippen LogP contribution in [0.1, 0.15) is 59.3 Å². The van der Waals surface area contributed by atoms with Crippen LogP contribution in [-0.4, -0.2) is 28.9 Å². The second-order valence-electron chi connectivity index (χ2n) is 5.12. The molecule has 0 aromatic carbocycles. The van der Waals surface area contributed by atoms with Gasteiger partial charge in [-0.3, -0.25) is 4.79 Å². The molecule has 1 atom stereocenters. The number of unbranched alkanes of at least 4 members (excludes halogenated alkanes) is 1. The molecule has 0 aromatic heterocycles. The second kappa shape index (κ2) is 5.67. The van der Waals surface area contributed by atoms with E-state index in [-0.39, 0.29) is 5.91 Å². The number of nitrogens with two attached hydrogens (primary N) is 1. The van der Waals surface area contributed by atoms with E-state index in [2.05, 4.69) is 20.8 Å². The Labute approximate surface area is 99.4 Å². The molecule has 0 radical (unpaired) electrons. The van der Waals surface area contributed by atoms with E-state index in [9.17, 15) is 4.79 Å². The van der Waals surface area contributed by atoms with E-state index in [0.717, 1.165) is 45.1 Å². The summed E-state index contributed by atoms with van der Waals surface area (Å²) >= 11 is 0. The first kappa shape index (κ1) is 13.5. The van der Waals surface area contributed by atoms with Crippen LogP contribution < -0.4 is 5.73 Å². The van der Waals surface area contributed by atoms with Crippen LogP contribution in [-0.2, 0) is 4.79 Å². The zero-order valence-corrected chi connectivity index (χ0v) is 11.0. The third-order valence-electron chi connectivity index (χ3n) is 3.81. The van der Waals surface area contributed by atoms with Crippen LogP contribution in [0.25, 0.3) is 0 Å². The van der Waals surface area contributed by atoms with Gasteiger partial charge in [-0.2, -0.15) is 0 Å². The lowest BCUT2D eigenvalue weighted by Gasteiger charge is -2.42. The van der Waals surface area contributed by atoms with Gasteiger partial charge >= 0.3 is 0 Å². The molecule has 1 unspecified atom stereocenters. The molecule has 0 aromatic rings. The molecule has 1 amide bonds. The molecule has 2 N–H and O–H groups in total. The van der Waals surface area contributed by atoms with Gasteiger partial charge in [-0.15, -0.1) is 0 Å². The predicted octanol–water partition coefficient (Wildman–Crippen LogP) is 2.29. The Morgan fingerprint density at radius 2 is 2.06 bits per heavy atom. The molecule has 0 bridgehead atoms. The summed E-state index contributed by atoms with van der Waals surface area (Å²) in [4.78, 5) is 14.4. The molecule has 3 heteroatoms. The van der Waals surface area contributed by atoms with E-state index < -0.39 is 5.54 Å². The predicted molar refractivity (Wildman–Crippen MR) is 67.1 cm³/mol. The van der Waals surface area contributed by atoms with Gasteiger partial charge in [0.25, 0.3) is 0 Å². The van der Waals surface area contributed by atoms with Crippen LogP contribution in [0.2, 0.25) is 0 Å². The number of rotatable bonds is 6. The summed E-state index contributed by atoms with van der Waals surface area (Å²) in [6.45, 7) is 7.26. The van der Waals surface area contributed by atoms with E-state index in [1.807, 2.05) is 4.90 Å². The van der Waals surface area contributed by atoms with E-state index in [4.69, 9.17) is 5.73 Å². The third-order valence-corrected chi connectivity index (χ3v) is 3.81. The minimum absolute atomic E-state index is 0.182. The van der Waals surface area contributed by atoms with Crippen molar-refractivity contribution < 1.29 is 4.79 Å². The lowest BCUT2D eigenvalue weighted by molar-refractivity contribution is -0.142. The summed E-state index contributed by atoms with van der Waals surface area (Å²) in [5, 5.41) is 0. The molecule has 3 nitrogen and oxygen atoms in total. The van der Waals surface area contributed by atoms with Gasteiger partial charge in [-0.1, -0.05) is 20.3 Å². The fourth-order valence-electron chi connectivity index (χ4n) is 2.13. The SMILES string of the molecule is CCCCN(C(=O)C1(N)CCC1)C(C)CC. The van der Waals surface area contributed by atoms with E-state index >= 15 is 0 Å². The van der Waals surface area contributed by atoms with Crippen molar-refractivity contribution in [2.24, 2.45) is 5.73 Å². The van der Waals surface area contributed by atoms with Gasteiger partial charge in [-0.25, -0.2) is 0 Å². The van der Waals surface area contributed by atoms with Gasteiger partial charge in [-0.05, 0) is 39.0 Å². The summed E-state index contributed by atoms with van der Waals surface area (Å²) in [7, 11) is 0. The molecular formula is C13H26N2O. The summed E-state index contributed by atoms with van der Waals surface area (Å²) < 4.78 is 0. The van der Waals surface area contributed by atoms with Crippen molar-refractivity contribution in [3.63, 3.8) is 0 Å². The highest BCUT2D eigenvalue weighted by atomic mass is 16.2. The number of hydrogen-bond donors (Lipinski definition) is 1. The highest BCUT2D eigenvalue weighted by molar-refractivity contribution is 5.87. The Morgan fingerprint density at radius 3 is 2.44 bits per heavy atom. The topological polar surface area (TPSA) is 46.3 Å². The van der Waals surface area contributed by atoms with Gasteiger partial charge in [0.2, 0.25) is 5.91 Å². The third kappa shape index (κ3) is 2.76. The zero-order valence-electron chi connectivity index (χ0n) is 11.0. The van der Waals surface area contributed by atoms with Crippen molar-refractivity contribution in [2.45, 2.75) is 70.9 Å². The molecule has 1 fully saturated rings. The first-order valence-electron chi connectivity index (χ1n) is 6.65. The van der Waals surface area contributed by atoms with Crippen molar-refractivity contribution in [3.8, 4) is 0 Å². The summed E-state index contributed by atoms with van der Waals surface area (Å²) in [5.41, 5.74) is 5.59. The van der Waals surface area contributed by atoms with Crippen molar-refractivity contribution in [3.05, 3.63) is 0 Å². The number of carbonyl (C=O) groups excluding carboxylic acids is 1. The number of nitrogens with zero attached hydrogens (tertiary/aromatic N) is 1. The molecule has 1 aliphatic carbocycles. The maximum Gasteiger partial charge on any atom is 0.242 e. The fraction of sp³-hybridized carbons (Fsp3) is 0.923. The Morgan fingerprint density at radius 1 is 1.44 bits per heavy atom. The van der Waals surface area contributed by atoms with Gasteiger partial charge in [0, 0.05) is 12.6 Å². The number of amides is 1. The maximum absolute atomic E-state index is 12.4. The smallest absolute Gasteiger partial charge is 0.242 e. The molecular weight excluding hydrogens is 200 g/mol. The largest absolute Gasteiger partial charge is 0.338 e. The van der Waals surface area contributed by atoms with Gasteiger partial charge in [0.1, 0.15) is 0 Å². The van der Waals surface area contributed by atoms with Crippen LogP contribution in [0, 0.1) is 0 Å². The van der Waals surface area contributed by atoms with Crippen molar-refractivity contribution >= 4 is 5.91 Å². The first-order chi connectivity index (χ1) is 7.55.